The van der Waals surface area contributed by atoms with Crippen LogP contribution in [0, 0.1) is 5.82 Å². The molecule has 0 saturated carbocycles. The van der Waals surface area contributed by atoms with Crippen LogP contribution in [-0.2, 0) is 4.74 Å². The first-order valence-corrected chi connectivity index (χ1v) is 5.90. The topological polar surface area (TPSA) is 58.6 Å². The van der Waals surface area contributed by atoms with Gasteiger partial charge in [-0.3, -0.25) is 0 Å². The van der Waals surface area contributed by atoms with Gasteiger partial charge in [-0.05, 0) is 35.0 Å². The summed E-state index contributed by atoms with van der Waals surface area (Å²) in [6.45, 7) is 3.41. The summed E-state index contributed by atoms with van der Waals surface area (Å²) < 4.78 is 18.8. The van der Waals surface area contributed by atoms with Crippen molar-refractivity contribution in [1.29, 1.82) is 0 Å². The van der Waals surface area contributed by atoms with Crippen molar-refractivity contribution in [2.45, 2.75) is 6.92 Å². The number of benzene rings is 1. The van der Waals surface area contributed by atoms with Gasteiger partial charge in [0.2, 0.25) is 0 Å². The molecular formula is C11H13BrFNO3. The molecule has 94 valence electrons. The Bertz CT molecular complexity index is 412. The average Bonchev–Trinajstić information content (AvgIpc) is 2.29. The number of ether oxygens (including phenoxy) is 1. The lowest BCUT2D eigenvalue weighted by Gasteiger charge is -2.09. The third-order valence-corrected chi connectivity index (χ3v) is 2.85. The molecule has 0 radical (unpaired) electrons. The molecule has 0 aliphatic rings. The fourth-order valence-corrected chi connectivity index (χ4v) is 1.77. The van der Waals surface area contributed by atoms with Gasteiger partial charge in [0.05, 0.1) is 22.3 Å². The summed E-state index contributed by atoms with van der Waals surface area (Å²) in [7, 11) is 0. The number of rotatable bonds is 6. The third kappa shape index (κ3) is 3.67. The summed E-state index contributed by atoms with van der Waals surface area (Å²) in [6, 6.07) is 2.74. The van der Waals surface area contributed by atoms with Crippen molar-refractivity contribution >= 4 is 27.6 Å². The Morgan fingerprint density at radius 2 is 2.29 bits per heavy atom. The molecule has 0 amide bonds. The molecule has 0 aromatic heterocycles. The standard InChI is InChI=1S/C11H13BrFNO3/c1-2-17-6-5-14-8-4-3-7(11(15)16)9(12)10(8)13/h3-4,14H,2,5-6H2,1H3,(H,15,16). The van der Waals surface area contributed by atoms with Gasteiger partial charge in [-0.1, -0.05) is 0 Å². The van der Waals surface area contributed by atoms with Crippen LogP contribution in [0.4, 0.5) is 10.1 Å². The molecule has 0 aliphatic heterocycles. The summed E-state index contributed by atoms with van der Waals surface area (Å²) >= 11 is 2.93. The Kier molecular flexibility index (Phi) is 5.37. The van der Waals surface area contributed by atoms with Crippen LogP contribution >= 0.6 is 15.9 Å². The molecule has 0 unspecified atom stereocenters. The molecule has 0 heterocycles. The second-order valence-corrected chi connectivity index (χ2v) is 4.01. The lowest BCUT2D eigenvalue weighted by Crippen LogP contribution is -2.11. The number of hydrogen-bond acceptors (Lipinski definition) is 3. The SMILES string of the molecule is CCOCCNc1ccc(C(=O)O)c(Br)c1F. The fourth-order valence-electron chi connectivity index (χ4n) is 1.25. The van der Waals surface area contributed by atoms with Gasteiger partial charge in [0.15, 0.2) is 5.82 Å². The van der Waals surface area contributed by atoms with Gasteiger partial charge in [-0.2, -0.15) is 0 Å². The first kappa shape index (κ1) is 13.9. The summed E-state index contributed by atoms with van der Waals surface area (Å²) in [5.74, 6) is -1.78. The number of nitrogens with one attached hydrogen (secondary N) is 1. The summed E-state index contributed by atoms with van der Waals surface area (Å²) in [4.78, 5) is 10.7. The van der Waals surface area contributed by atoms with Gasteiger partial charge in [0, 0.05) is 13.2 Å². The van der Waals surface area contributed by atoms with E-state index in [0.717, 1.165) is 0 Å². The van der Waals surface area contributed by atoms with Crippen molar-refractivity contribution in [1.82, 2.24) is 0 Å². The van der Waals surface area contributed by atoms with E-state index >= 15 is 0 Å². The summed E-state index contributed by atoms with van der Waals surface area (Å²) in [6.07, 6.45) is 0. The van der Waals surface area contributed by atoms with E-state index in [9.17, 15) is 9.18 Å². The van der Waals surface area contributed by atoms with Gasteiger partial charge in [0.1, 0.15) is 0 Å². The van der Waals surface area contributed by atoms with Crippen LogP contribution in [0.25, 0.3) is 0 Å². The average molecular weight is 306 g/mol. The fraction of sp³-hybridized carbons (Fsp3) is 0.364. The molecule has 1 rings (SSSR count). The maximum atomic E-state index is 13.7. The molecule has 0 atom stereocenters. The van der Waals surface area contributed by atoms with E-state index in [-0.39, 0.29) is 15.7 Å². The van der Waals surface area contributed by atoms with Gasteiger partial charge in [-0.25, -0.2) is 9.18 Å². The summed E-state index contributed by atoms with van der Waals surface area (Å²) in [5.41, 5.74) is 0.152. The highest BCUT2D eigenvalue weighted by atomic mass is 79.9. The van der Waals surface area contributed by atoms with Crippen molar-refractivity contribution < 1.29 is 19.0 Å². The molecule has 0 aliphatic carbocycles. The molecule has 0 saturated heterocycles. The molecule has 17 heavy (non-hydrogen) atoms. The second kappa shape index (κ2) is 6.56. The van der Waals surface area contributed by atoms with Gasteiger partial charge < -0.3 is 15.2 Å². The minimum Gasteiger partial charge on any atom is -0.478 e. The monoisotopic (exact) mass is 305 g/mol. The molecule has 1 aromatic rings. The van der Waals surface area contributed by atoms with Gasteiger partial charge >= 0.3 is 5.97 Å². The van der Waals surface area contributed by atoms with Crippen molar-refractivity contribution in [3.8, 4) is 0 Å². The predicted octanol–water partition coefficient (Wildman–Crippen LogP) is 2.73. The van der Waals surface area contributed by atoms with Crippen LogP contribution in [0.2, 0.25) is 0 Å². The van der Waals surface area contributed by atoms with Crippen LogP contribution in [-0.4, -0.2) is 30.8 Å². The quantitative estimate of drug-likeness (QED) is 0.794. The van der Waals surface area contributed by atoms with Crippen molar-refractivity contribution in [2.75, 3.05) is 25.1 Å². The zero-order valence-corrected chi connectivity index (χ0v) is 10.9. The largest absolute Gasteiger partial charge is 0.478 e. The second-order valence-electron chi connectivity index (χ2n) is 3.22. The van der Waals surface area contributed by atoms with Crippen LogP contribution in [0.5, 0.6) is 0 Å². The maximum Gasteiger partial charge on any atom is 0.336 e. The smallest absolute Gasteiger partial charge is 0.336 e. The first-order chi connectivity index (χ1) is 8.07. The normalized spacial score (nSPS) is 10.3. The van der Waals surface area contributed by atoms with E-state index < -0.39 is 11.8 Å². The number of carboxylic acid groups (broad SMARTS) is 1. The highest BCUT2D eigenvalue weighted by molar-refractivity contribution is 9.10. The zero-order valence-electron chi connectivity index (χ0n) is 9.30. The van der Waals surface area contributed by atoms with E-state index in [1.54, 1.807) is 0 Å². The Labute approximate surface area is 107 Å². The van der Waals surface area contributed by atoms with E-state index in [0.29, 0.717) is 19.8 Å². The molecule has 0 fully saturated rings. The molecule has 6 heteroatoms. The van der Waals surface area contributed by atoms with Gasteiger partial charge in [0.25, 0.3) is 0 Å². The number of aromatic carboxylic acids is 1. The number of halogens is 2. The van der Waals surface area contributed by atoms with E-state index in [2.05, 4.69) is 21.2 Å². The Morgan fingerprint density at radius 3 is 2.88 bits per heavy atom. The lowest BCUT2D eigenvalue weighted by atomic mass is 10.2. The minimum atomic E-state index is -1.17. The van der Waals surface area contributed by atoms with Gasteiger partial charge in [-0.15, -0.1) is 0 Å². The number of hydrogen-bond donors (Lipinski definition) is 2. The van der Waals surface area contributed by atoms with Crippen LogP contribution < -0.4 is 5.32 Å². The highest BCUT2D eigenvalue weighted by Gasteiger charge is 2.15. The molecule has 0 bridgehead atoms. The maximum absolute atomic E-state index is 13.7. The summed E-state index contributed by atoms with van der Waals surface area (Å²) in [5, 5.41) is 11.6. The predicted molar refractivity (Wildman–Crippen MR) is 66.0 cm³/mol. The van der Waals surface area contributed by atoms with Crippen LogP contribution in [0.15, 0.2) is 16.6 Å². The van der Waals surface area contributed by atoms with Crippen molar-refractivity contribution in [3.05, 3.63) is 28.0 Å². The molecule has 1 aromatic carbocycles. The minimum absolute atomic E-state index is 0.0496. The van der Waals surface area contributed by atoms with E-state index in [1.165, 1.54) is 12.1 Å². The zero-order chi connectivity index (χ0) is 12.8. The van der Waals surface area contributed by atoms with Crippen LogP contribution in [0.1, 0.15) is 17.3 Å². The van der Waals surface area contributed by atoms with E-state index in [4.69, 9.17) is 9.84 Å². The molecule has 2 N–H and O–H groups in total. The Morgan fingerprint density at radius 1 is 1.59 bits per heavy atom. The number of carbonyl (C=O) groups is 1. The molecule has 4 nitrogen and oxygen atoms in total. The Balaban J connectivity index is 2.75. The number of anilines is 1. The first-order valence-electron chi connectivity index (χ1n) is 5.10. The van der Waals surface area contributed by atoms with Crippen LogP contribution in [0.3, 0.4) is 0 Å². The molecular weight excluding hydrogens is 293 g/mol. The van der Waals surface area contributed by atoms with Crippen molar-refractivity contribution in [3.63, 3.8) is 0 Å². The lowest BCUT2D eigenvalue weighted by molar-refractivity contribution is 0.0695. The molecule has 0 spiro atoms. The van der Waals surface area contributed by atoms with E-state index in [1.807, 2.05) is 6.92 Å². The van der Waals surface area contributed by atoms with Crippen molar-refractivity contribution in [2.24, 2.45) is 0 Å². The Hall–Kier alpha value is -1.14. The highest BCUT2D eigenvalue weighted by Crippen LogP contribution is 2.26. The third-order valence-electron chi connectivity index (χ3n) is 2.08. The number of carboxylic acids is 1.